The highest BCUT2D eigenvalue weighted by molar-refractivity contribution is 5.67. The molecule has 6 heteroatoms. The van der Waals surface area contributed by atoms with Crippen LogP contribution < -0.4 is 10.6 Å². The first-order chi connectivity index (χ1) is 8.75. The summed E-state index contributed by atoms with van der Waals surface area (Å²) in [5.74, 6) is -0.337. The van der Waals surface area contributed by atoms with Gasteiger partial charge >= 0.3 is 0 Å². The Balaban J connectivity index is 1.81. The van der Waals surface area contributed by atoms with Crippen molar-refractivity contribution in [2.24, 2.45) is 0 Å². The minimum atomic E-state index is -0.337. The van der Waals surface area contributed by atoms with Crippen molar-refractivity contribution in [2.75, 3.05) is 50.0 Å². The van der Waals surface area contributed by atoms with E-state index in [0.717, 1.165) is 39.4 Å². The van der Waals surface area contributed by atoms with Crippen molar-refractivity contribution in [2.45, 2.75) is 6.04 Å². The zero-order chi connectivity index (χ0) is 12.5. The lowest BCUT2D eigenvalue weighted by Gasteiger charge is -2.42. The van der Waals surface area contributed by atoms with Crippen molar-refractivity contribution < 1.29 is 9.13 Å². The minimum Gasteiger partial charge on any atom is -0.431 e. The molecule has 0 unspecified atom stereocenters. The van der Waals surface area contributed by atoms with Crippen LogP contribution in [0.2, 0.25) is 0 Å². The van der Waals surface area contributed by atoms with Gasteiger partial charge in [-0.15, -0.1) is 0 Å². The number of halogens is 1. The second-order valence-corrected chi connectivity index (χ2v) is 4.82. The molecular formula is C12H18FN4O+. The third-order valence-corrected chi connectivity index (χ3v) is 3.71. The summed E-state index contributed by atoms with van der Waals surface area (Å²) in [4.78, 5) is 8.22. The fraction of sp³-hybridized carbons (Fsp3) is 0.583. The molecule has 1 aromatic heterocycles. The number of nitrogens with zero attached hydrogens (tertiary/aromatic N) is 3. The molecule has 3 rings (SSSR count). The van der Waals surface area contributed by atoms with Gasteiger partial charge < -0.3 is 15.4 Å². The number of rotatable bonds is 1. The van der Waals surface area contributed by atoms with Gasteiger partial charge in [-0.3, -0.25) is 9.88 Å². The van der Waals surface area contributed by atoms with Crippen molar-refractivity contribution in [3.63, 3.8) is 0 Å². The van der Waals surface area contributed by atoms with E-state index < -0.39 is 0 Å². The molecule has 18 heavy (non-hydrogen) atoms. The first-order valence-corrected chi connectivity index (χ1v) is 6.27. The molecule has 1 aromatic rings. The van der Waals surface area contributed by atoms with Gasteiger partial charge in [0.25, 0.3) is 0 Å². The Bertz CT molecular complexity index is 422. The van der Waals surface area contributed by atoms with Crippen LogP contribution in [-0.4, -0.2) is 60.1 Å². The van der Waals surface area contributed by atoms with Crippen molar-refractivity contribution in [1.29, 1.82) is 0 Å². The highest BCUT2D eigenvalue weighted by Crippen LogP contribution is 2.28. The molecule has 2 saturated heterocycles. The van der Waals surface area contributed by atoms with Gasteiger partial charge in [0.15, 0.2) is 19.0 Å². The van der Waals surface area contributed by atoms with E-state index in [9.17, 15) is 4.39 Å². The number of nitrogens with two attached hydrogens (primary N) is 1. The number of anilines is 2. The van der Waals surface area contributed by atoms with Crippen LogP contribution in [0.4, 0.5) is 15.8 Å². The highest BCUT2D eigenvalue weighted by atomic mass is 19.1. The molecule has 1 atom stereocenters. The van der Waals surface area contributed by atoms with Gasteiger partial charge in [0.05, 0.1) is 36.4 Å². The molecule has 2 aliphatic heterocycles. The number of hydrogen-bond donors (Lipinski definition) is 1. The van der Waals surface area contributed by atoms with E-state index >= 15 is 0 Å². The molecule has 0 saturated carbocycles. The Morgan fingerprint density at radius 1 is 1.33 bits per heavy atom. The summed E-state index contributed by atoms with van der Waals surface area (Å²) in [5, 5.41) is 0. The van der Waals surface area contributed by atoms with Gasteiger partial charge in [-0.25, -0.2) is 4.39 Å². The summed E-state index contributed by atoms with van der Waals surface area (Å²) in [6, 6.07) is 0.388. The smallest absolute Gasteiger partial charge is 0.166 e. The van der Waals surface area contributed by atoms with Gasteiger partial charge in [-0.2, -0.15) is 0 Å². The molecule has 0 aliphatic carbocycles. The fourth-order valence-electron chi connectivity index (χ4n) is 2.78. The first-order valence-electron chi connectivity index (χ1n) is 6.27. The van der Waals surface area contributed by atoms with Crippen LogP contribution in [0.5, 0.6) is 0 Å². The van der Waals surface area contributed by atoms with Gasteiger partial charge in [-0.1, -0.05) is 0 Å². The number of ether oxygens (including phenoxy) is 1. The van der Waals surface area contributed by atoms with Crippen molar-refractivity contribution in [3.8, 4) is 0 Å². The van der Waals surface area contributed by atoms with Crippen molar-refractivity contribution in [3.05, 3.63) is 18.2 Å². The number of aromatic nitrogens is 1. The van der Waals surface area contributed by atoms with E-state index in [2.05, 4.69) is 14.6 Å². The standard InChI is InChI=1S/C12H17FN4O/c13-10-5-15-6-11(14)12(10)17-2-1-16-3-4-18-8-9(16)7-17/h5-6,9H,1-4,7-8,14H2/p+1/t9-/m1/s1. The van der Waals surface area contributed by atoms with E-state index in [1.165, 1.54) is 12.4 Å². The lowest BCUT2D eigenvalue weighted by atomic mass is 10.1. The number of piperazine rings is 1. The number of aliphatic hydroxyl groups is 2. The van der Waals surface area contributed by atoms with Gasteiger partial charge in [0.1, 0.15) is 0 Å². The predicted octanol–water partition coefficient (Wildman–Crippen LogP) is -0.165. The molecule has 0 bridgehead atoms. The van der Waals surface area contributed by atoms with Crippen molar-refractivity contribution >= 4 is 11.4 Å². The van der Waals surface area contributed by atoms with E-state index in [0.29, 0.717) is 17.4 Å². The average molecular weight is 253 g/mol. The summed E-state index contributed by atoms with van der Waals surface area (Å²) in [6.45, 7) is 5.32. The third-order valence-electron chi connectivity index (χ3n) is 3.71. The molecule has 5 nitrogen and oxygen atoms in total. The average Bonchev–Trinajstić information content (AvgIpc) is 2.38. The van der Waals surface area contributed by atoms with Gasteiger partial charge in [0.2, 0.25) is 0 Å². The number of fused-ring (bicyclic) bond motifs is 1. The summed E-state index contributed by atoms with van der Waals surface area (Å²) >= 11 is 0. The number of nitrogen functional groups attached to an aromatic ring is 1. The van der Waals surface area contributed by atoms with E-state index in [1.807, 2.05) is 4.90 Å². The monoisotopic (exact) mass is 253 g/mol. The minimum absolute atomic E-state index is 0.337. The normalized spacial score (nSPS) is 24.9. The Hall–Kier alpha value is -1.40. The van der Waals surface area contributed by atoms with Crippen LogP contribution in [-0.2, 0) is 0 Å². The molecule has 2 aliphatic rings. The molecule has 0 amide bonds. The van der Waals surface area contributed by atoms with Crippen LogP contribution in [0.1, 0.15) is 0 Å². The molecule has 0 aromatic carbocycles. The quantitative estimate of drug-likeness (QED) is 0.706. The maximum Gasteiger partial charge on any atom is 0.166 e. The topological polar surface area (TPSA) is 58.2 Å². The highest BCUT2D eigenvalue weighted by Gasteiger charge is 2.33. The summed E-state index contributed by atoms with van der Waals surface area (Å²) in [6.07, 6.45) is 2.74. The molecule has 3 N–H and O–H groups in total. The van der Waals surface area contributed by atoms with Crippen LogP contribution in [0, 0.1) is 5.82 Å². The van der Waals surface area contributed by atoms with Crippen LogP contribution in [0.15, 0.2) is 12.4 Å². The number of hydrogen-bond acceptors (Lipinski definition) is 4. The molecule has 98 valence electrons. The third kappa shape index (κ3) is 2.02. The molecule has 0 radical (unpaired) electrons. The maximum atomic E-state index is 13.8. The largest absolute Gasteiger partial charge is 0.431 e. The zero-order valence-corrected chi connectivity index (χ0v) is 10.2. The van der Waals surface area contributed by atoms with Crippen LogP contribution in [0.3, 0.4) is 0 Å². The van der Waals surface area contributed by atoms with E-state index in [-0.39, 0.29) is 5.82 Å². The molecule has 3 heterocycles. The SMILES string of the molecule is Nc1cncc(F)c1N1CCN2CC[OH+]C[C@H]2C1. The lowest BCUT2D eigenvalue weighted by molar-refractivity contribution is -0.121. The Kier molecular flexibility index (Phi) is 3.05. The molecule has 0 spiro atoms. The van der Waals surface area contributed by atoms with Crippen LogP contribution >= 0.6 is 0 Å². The summed E-state index contributed by atoms with van der Waals surface area (Å²) in [7, 11) is 0. The number of morpholine rings is 1. The van der Waals surface area contributed by atoms with Gasteiger partial charge in [-0.05, 0) is 0 Å². The Morgan fingerprint density at radius 2 is 2.22 bits per heavy atom. The maximum absolute atomic E-state index is 13.8. The zero-order valence-electron chi connectivity index (χ0n) is 10.2. The molecular weight excluding hydrogens is 235 g/mol. The lowest BCUT2D eigenvalue weighted by Crippen LogP contribution is -2.59. The Labute approximate surface area is 105 Å². The van der Waals surface area contributed by atoms with Gasteiger partial charge in [0, 0.05) is 19.6 Å². The summed E-state index contributed by atoms with van der Waals surface area (Å²) in [5.41, 5.74) is 6.75. The van der Waals surface area contributed by atoms with Crippen LogP contribution in [0.25, 0.3) is 0 Å². The van der Waals surface area contributed by atoms with Crippen molar-refractivity contribution in [1.82, 2.24) is 9.88 Å². The summed E-state index contributed by atoms with van der Waals surface area (Å²) < 4.78 is 18.3. The first kappa shape index (κ1) is 11.7. The molecule has 2 fully saturated rings. The van der Waals surface area contributed by atoms with E-state index in [1.54, 1.807) is 0 Å². The second kappa shape index (κ2) is 4.70. The predicted molar refractivity (Wildman–Crippen MR) is 68.1 cm³/mol. The second-order valence-electron chi connectivity index (χ2n) is 4.82. The Morgan fingerprint density at radius 3 is 3.06 bits per heavy atom. The van der Waals surface area contributed by atoms with E-state index in [4.69, 9.17) is 5.73 Å². The fourth-order valence-corrected chi connectivity index (χ4v) is 2.78. The number of pyridine rings is 1.